The molecule has 0 fully saturated rings. The maximum atomic E-state index is 13.1. The van der Waals surface area contributed by atoms with Crippen LogP contribution in [-0.2, 0) is 15.9 Å². The Morgan fingerprint density at radius 2 is 1.65 bits per heavy atom. The van der Waals surface area contributed by atoms with E-state index in [9.17, 15) is 14.0 Å². The largest absolute Gasteiger partial charge is 0.443 e. The minimum atomic E-state index is -0.946. The molecule has 3 aromatic heterocycles. The highest BCUT2D eigenvalue weighted by molar-refractivity contribution is 6.10. The zero-order chi connectivity index (χ0) is 25.1. The molecule has 0 unspecified atom stereocenters. The molecule has 0 aliphatic carbocycles. The SMILES string of the molecule is CC(C)(C)OC(=O)N(C(=O)OC(C)(C)C)c1ncccc1-c1cc(Cc2ccc(F)nc2)no1. The first-order chi connectivity index (χ1) is 15.8. The average Bonchev–Trinajstić information content (AvgIpc) is 3.16. The number of aromatic nitrogens is 3. The molecular weight excluding hydrogens is 443 g/mol. The minimum Gasteiger partial charge on any atom is -0.443 e. The van der Waals surface area contributed by atoms with E-state index in [1.807, 2.05) is 0 Å². The van der Waals surface area contributed by atoms with Crippen LogP contribution in [0.1, 0.15) is 52.8 Å². The van der Waals surface area contributed by atoms with Crippen molar-refractivity contribution in [2.75, 3.05) is 4.90 Å². The molecule has 0 bridgehead atoms. The van der Waals surface area contributed by atoms with Crippen molar-refractivity contribution in [1.29, 1.82) is 0 Å². The van der Waals surface area contributed by atoms with Crippen molar-refractivity contribution < 1.29 is 28.0 Å². The van der Waals surface area contributed by atoms with Gasteiger partial charge in [0.05, 0.1) is 11.3 Å². The number of amides is 2. The quantitative estimate of drug-likeness (QED) is 0.458. The van der Waals surface area contributed by atoms with Gasteiger partial charge >= 0.3 is 12.2 Å². The van der Waals surface area contributed by atoms with E-state index in [0.29, 0.717) is 17.7 Å². The van der Waals surface area contributed by atoms with E-state index in [1.165, 1.54) is 18.5 Å². The van der Waals surface area contributed by atoms with E-state index in [0.717, 1.165) is 10.5 Å². The summed E-state index contributed by atoms with van der Waals surface area (Å²) < 4.78 is 29.4. The number of rotatable bonds is 4. The molecule has 0 saturated heterocycles. The number of anilines is 1. The maximum absolute atomic E-state index is 13.1. The summed E-state index contributed by atoms with van der Waals surface area (Å²) in [6.45, 7) is 10.1. The summed E-state index contributed by atoms with van der Waals surface area (Å²) in [5.41, 5.74) is -0.129. The van der Waals surface area contributed by atoms with Crippen molar-refractivity contribution >= 4 is 18.0 Å². The van der Waals surface area contributed by atoms with Crippen LogP contribution in [0.25, 0.3) is 11.3 Å². The molecule has 2 amide bonds. The number of pyridine rings is 2. The maximum Gasteiger partial charge on any atom is 0.425 e. The van der Waals surface area contributed by atoms with Crippen molar-refractivity contribution in [2.45, 2.75) is 59.2 Å². The Balaban J connectivity index is 1.98. The number of imide groups is 1. The molecular formula is C24H27FN4O5. The van der Waals surface area contributed by atoms with Crippen LogP contribution in [0.2, 0.25) is 0 Å². The normalized spacial score (nSPS) is 11.7. The second-order valence-electron chi connectivity index (χ2n) is 9.52. The predicted octanol–water partition coefficient (Wildman–Crippen LogP) is 5.54. The van der Waals surface area contributed by atoms with Crippen molar-refractivity contribution in [3.8, 4) is 11.3 Å². The Morgan fingerprint density at radius 1 is 1.00 bits per heavy atom. The number of nitrogens with zero attached hydrogens (tertiary/aromatic N) is 4. The third kappa shape index (κ3) is 6.60. The fourth-order valence-corrected chi connectivity index (χ4v) is 2.87. The van der Waals surface area contributed by atoms with Crippen molar-refractivity contribution in [3.63, 3.8) is 0 Å². The molecule has 180 valence electrons. The third-order valence-corrected chi connectivity index (χ3v) is 4.15. The van der Waals surface area contributed by atoms with Gasteiger partial charge in [-0.05, 0) is 65.3 Å². The van der Waals surface area contributed by atoms with Crippen LogP contribution < -0.4 is 4.90 Å². The van der Waals surface area contributed by atoms with Crippen LogP contribution >= 0.6 is 0 Å². The lowest BCUT2D eigenvalue weighted by Crippen LogP contribution is -2.44. The zero-order valence-corrected chi connectivity index (χ0v) is 20.0. The van der Waals surface area contributed by atoms with Crippen LogP contribution in [0.5, 0.6) is 0 Å². The summed E-state index contributed by atoms with van der Waals surface area (Å²) in [6, 6.07) is 7.77. The lowest BCUT2D eigenvalue weighted by Gasteiger charge is -2.28. The monoisotopic (exact) mass is 470 g/mol. The second kappa shape index (κ2) is 9.58. The lowest BCUT2D eigenvalue weighted by atomic mass is 10.1. The Labute approximate surface area is 196 Å². The molecule has 9 nitrogen and oxygen atoms in total. The molecule has 3 heterocycles. The van der Waals surface area contributed by atoms with E-state index in [2.05, 4.69) is 15.1 Å². The number of ether oxygens (including phenoxy) is 2. The Morgan fingerprint density at radius 3 is 2.21 bits per heavy atom. The van der Waals surface area contributed by atoms with Gasteiger partial charge in [0.2, 0.25) is 5.95 Å². The summed E-state index contributed by atoms with van der Waals surface area (Å²) in [6.07, 6.45) is 1.29. The van der Waals surface area contributed by atoms with E-state index < -0.39 is 29.3 Å². The minimum absolute atomic E-state index is 0.0304. The number of carbonyl (C=O) groups is 2. The summed E-state index contributed by atoms with van der Waals surface area (Å²) in [5.74, 6) is -0.337. The van der Waals surface area contributed by atoms with Gasteiger partial charge in [0.15, 0.2) is 11.6 Å². The van der Waals surface area contributed by atoms with Crippen LogP contribution in [0.15, 0.2) is 47.2 Å². The summed E-state index contributed by atoms with van der Waals surface area (Å²) in [5, 5.41) is 4.04. The molecule has 0 aliphatic heterocycles. The topological polar surface area (TPSA) is 108 Å². The molecule has 10 heteroatoms. The Bertz CT molecular complexity index is 1140. The summed E-state index contributed by atoms with van der Waals surface area (Å²) in [7, 11) is 0. The van der Waals surface area contributed by atoms with Gasteiger partial charge in [-0.1, -0.05) is 11.2 Å². The number of carbonyl (C=O) groups excluding carboxylic acids is 2. The van der Waals surface area contributed by atoms with E-state index in [-0.39, 0.29) is 11.6 Å². The molecule has 0 aromatic carbocycles. The molecule has 3 rings (SSSR count). The molecule has 0 saturated carbocycles. The smallest absolute Gasteiger partial charge is 0.425 e. The van der Waals surface area contributed by atoms with Gasteiger partial charge in [-0.15, -0.1) is 0 Å². The average molecular weight is 471 g/mol. The van der Waals surface area contributed by atoms with Gasteiger partial charge in [0.1, 0.15) is 11.2 Å². The number of halogens is 1. The Kier molecular flexibility index (Phi) is 6.99. The number of hydrogen-bond donors (Lipinski definition) is 0. The van der Waals surface area contributed by atoms with E-state index in [4.69, 9.17) is 14.0 Å². The summed E-state index contributed by atoms with van der Waals surface area (Å²) in [4.78, 5) is 34.7. The Hall–Kier alpha value is -3.82. The van der Waals surface area contributed by atoms with Crippen molar-refractivity contribution in [2.24, 2.45) is 0 Å². The van der Waals surface area contributed by atoms with Gasteiger partial charge in [0.25, 0.3) is 0 Å². The predicted molar refractivity (Wildman–Crippen MR) is 122 cm³/mol. The first kappa shape index (κ1) is 24.8. The van der Waals surface area contributed by atoms with Crippen LogP contribution in [0.3, 0.4) is 0 Å². The van der Waals surface area contributed by atoms with Gasteiger partial charge < -0.3 is 14.0 Å². The number of hydrogen-bond acceptors (Lipinski definition) is 8. The standard InChI is InChI=1S/C24H27FN4O5/c1-23(2,3)32-21(30)29(22(31)33-24(4,5)6)20-17(8-7-11-26-20)18-13-16(28-34-18)12-15-9-10-19(25)27-14-15/h7-11,13-14H,12H2,1-6H3. The highest BCUT2D eigenvalue weighted by Gasteiger charge is 2.35. The van der Waals surface area contributed by atoms with Gasteiger partial charge in [-0.3, -0.25) is 0 Å². The molecule has 3 aromatic rings. The molecule has 0 spiro atoms. The van der Waals surface area contributed by atoms with Crippen LogP contribution in [0, 0.1) is 5.95 Å². The second-order valence-corrected chi connectivity index (χ2v) is 9.52. The highest BCUT2D eigenvalue weighted by Crippen LogP contribution is 2.32. The van der Waals surface area contributed by atoms with Crippen molar-refractivity contribution in [1.82, 2.24) is 15.1 Å². The molecule has 0 N–H and O–H groups in total. The zero-order valence-electron chi connectivity index (χ0n) is 20.0. The molecule has 0 radical (unpaired) electrons. The van der Waals surface area contributed by atoms with Crippen LogP contribution in [-0.4, -0.2) is 38.5 Å². The van der Waals surface area contributed by atoms with Gasteiger partial charge in [-0.25, -0.2) is 19.6 Å². The van der Waals surface area contributed by atoms with Gasteiger partial charge in [-0.2, -0.15) is 9.29 Å². The van der Waals surface area contributed by atoms with Crippen LogP contribution in [0.4, 0.5) is 19.8 Å². The lowest BCUT2D eigenvalue weighted by molar-refractivity contribution is 0.0429. The van der Waals surface area contributed by atoms with E-state index >= 15 is 0 Å². The summed E-state index contributed by atoms with van der Waals surface area (Å²) >= 11 is 0. The molecule has 0 aliphatic rings. The third-order valence-electron chi connectivity index (χ3n) is 4.15. The molecule has 34 heavy (non-hydrogen) atoms. The van der Waals surface area contributed by atoms with Gasteiger partial charge in [0, 0.05) is 24.9 Å². The van der Waals surface area contributed by atoms with Crippen molar-refractivity contribution in [3.05, 3.63) is 59.9 Å². The fourth-order valence-electron chi connectivity index (χ4n) is 2.87. The highest BCUT2D eigenvalue weighted by atomic mass is 19.1. The first-order valence-electron chi connectivity index (χ1n) is 10.6. The molecule has 0 atom stereocenters. The fraction of sp³-hybridized carbons (Fsp3) is 0.375. The first-order valence-corrected chi connectivity index (χ1v) is 10.6. The van der Waals surface area contributed by atoms with E-state index in [1.54, 1.807) is 65.8 Å².